The van der Waals surface area contributed by atoms with Crippen LogP contribution in [0.1, 0.15) is 37.6 Å². The number of rotatable bonds is 4. The van der Waals surface area contributed by atoms with E-state index in [2.05, 4.69) is 89.2 Å². The second kappa shape index (κ2) is 8.81. The van der Waals surface area contributed by atoms with E-state index in [1.165, 1.54) is 27.6 Å². The summed E-state index contributed by atoms with van der Waals surface area (Å²) in [5.41, 5.74) is 5.06. The van der Waals surface area contributed by atoms with Crippen molar-refractivity contribution in [1.29, 1.82) is 0 Å². The van der Waals surface area contributed by atoms with E-state index in [9.17, 15) is 0 Å². The number of hydrogen-bond donors (Lipinski definition) is 0. The van der Waals surface area contributed by atoms with Crippen molar-refractivity contribution in [2.24, 2.45) is 0 Å². The van der Waals surface area contributed by atoms with Gasteiger partial charge in [0.2, 0.25) is 0 Å². The molecule has 0 atom stereocenters. The summed E-state index contributed by atoms with van der Waals surface area (Å²) < 4.78 is 0. The third-order valence-corrected chi connectivity index (χ3v) is 6.54. The summed E-state index contributed by atoms with van der Waals surface area (Å²) in [5.74, 6) is 0.992. The number of piperazine rings is 1. The van der Waals surface area contributed by atoms with E-state index in [0.717, 1.165) is 44.1 Å². The molecule has 5 rings (SSSR count). The number of hydrogen-bond acceptors (Lipinski definition) is 5. The van der Waals surface area contributed by atoms with E-state index in [4.69, 9.17) is 5.10 Å². The fraction of sp³-hybridized carbons (Fsp3) is 0.321. The maximum atomic E-state index is 4.70. The first kappa shape index (κ1) is 21.4. The van der Waals surface area contributed by atoms with Crippen LogP contribution >= 0.6 is 0 Å². The summed E-state index contributed by atoms with van der Waals surface area (Å²) in [5, 5.41) is 11.7. The summed E-state index contributed by atoms with van der Waals surface area (Å²) in [6, 6.07) is 21.7. The van der Waals surface area contributed by atoms with Crippen molar-refractivity contribution in [3.8, 4) is 0 Å². The Kier molecular flexibility index (Phi) is 5.71. The molecule has 0 radical (unpaired) electrons. The number of anilines is 2. The highest BCUT2D eigenvalue weighted by Gasteiger charge is 2.22. The number of benzene rings is 2. The van der Waals surface area contributed by atoms with Crippen LogP contribution in [0.25, 0.3) is 10.8 Å². The molecule has 0 amide bonds. The molecule has 168 valence electrons. The lowest BCUT2D eigenvalue weighted by Gasteiger charge is -2.37. The molecule has 1 saturated heterocycles. The number of aromatic nitrogens is 3. The highest BCUT2D eigenvalue weighted by molar-refractivity contribution is 5.93. The highest BCUT2D eigenvalue weighted by atomic mass is 15.3. The minimum Gasteiger partial charge on any atom is -0.368 e. The number of fused-ring (bicyclic) bond motifs is 1. The Morgan fingerprint density at radius 3 is 2.03 bits per heavy atom. The first-order valence-corrected chi connectivity index (χ1v) is 11.7. The van der Waals surface area contributed by atoms with Gasteiger partial charge in [0, 0.05) is 61.5 Å². The molecule has 5 heteroatoms. The largest absolute Gasteiger partial charge is 0.368 e. The van der Waals surface area contributed by atoms with Crippen molar-refractivity contribution >= 4 is 22.3 Å². The molecule has 0 N–H and O–H groups in total. The van der Waals surface area contributed by atoms with E-state index >= 15 is 0 Å². The van der Waals surface area contributed by atoms with Crippen LogP contribution in [0.5, 0.6) is 0 Å². The van der Waals surface area contributed by atoms with Crippen LogP contribution in [0, 0.1) is 0 Å². The molecule has 3 heterocycles. The molecule has 0 unspecified atom stereocenters. The zero-order chi connectivity index (χ0) is 22.8. The molecule has 0 bridgehead atoms. The topological polar surface area (TPSA) is 45.2 Å². The Hall–Kier alpha value is -3.47. The zero-order valence-electron chi connectivity index (χ0n) is 19.7. The van der Waals surface area contributed by atoms with Crippen molar-refractivity contribution in [3.05, 3.63) is 89.9 Å². The molecule has 2 aromatic carbocycles. The van der Waals surface area contributed by atoms with E-state index in [1.807, 2.05) is 24.5 Å². The van der Waals surface area contributed by atoms with Gasteiger partial charge in [-0.1, -0.05) is 57.2 Å². The van der Waals surface area contributed by atoms with Crippen molar-refractivity contribution in [3.63, 3.8) is 0 Å². The van der Waals surface area contributed by atoms with Crippen LogP contribution < -0.4 is 9.80 Å². The number of nitrogens with zero attached hydrogens (tertiary/aromatic N) is 5. The smallest absolute Gasteiger partial charge is 0.159 e. The molecule has 5 nitrogen and oxygen atoms in total. The van der Waals surface area contributed by atoms with Crippen LogP contribution in [0.15, 0.2) is 73.1 Å². The predicted molar refractivity (Wildman–Crippen MR) is 136 cm³/mol. The molecule has 1 aliphatic rings. The summed E-state index contributed by atoms with van der Waals surface area (Å²) in [6.45, 7) is 10.6. The first-order valence-electron chi connectivity index (χ1n) is 11.7. The monoisotopic (exact) mass is 437 g/mol. The molecule has 0 saturated carbocycles. The van der Waals surface area contributed by atoms with Crippen LogP contribution in [0.4, 0.5) is 11.5 Å². The van der Waals surface area contributed by atoms with Gasteiger partial charge in [0.1, 0.15) is 0 Å². The van der Waals surface area contributed by atoms with Gasteiger partial charge in [-0.2, -0.15) is 5.10 Å². The Labute approximate surface area is 196 Å². The van der Waals surface area contributed by atoms with Gasteiger partial charge in [-0.25, -0.2) is 0 Å². The third kappa shape index (κ3) is 4.54. The lowest BCUT2D eigenvalue weighted by molar-refractivity contribution is 0.589. The second-order valence-corrected chi connectivity index (χ2v) is 9.82. The standard InChI is InChI=1S/C28H31N5/c1-28(2,3)22-8-10-23(11-9-22)32-16-18-33(19-17-32)27-25-7-5-4-6-24(25)26(30-31-27)20-21-12-14-29-15-13-21/h4-15H,16-20H2,1-3H3. The molecule has 4 aromatic rings. The van der Waals surface area contributed by atoms with Gasteiger partial charge < -0.3 is 9.80 Å². The average molecular weight is 438 g/mol. The molecule has 1 aliphatic heterocycles. The minimum absolute atomic E-state index is 0.181. The SMILES string of the molecule is CC(C)(C)c1ccc(N2CCN(c3nnc(Cc4ccncc4)c4ccccc34)CC2)cc1. The molecule has 33 heavy (non-hydrogen) atoms. The normalized spacial score (nSPS) is 14.6. The first-order chi connectivity index (χ1) is 16.0. The summed E-state index contributed by atoms with van der Waals surface area (Å²) in [4.78, 5) is 8.97. The van der Waals surface area contributed by atoms with Crippen molar-refractivity contribution < 1.29 is 0 Å². The van der Waals surface area contributed by atoms with Gasteiger partial charge in [0.05, 0.1) is 5.69 Å². The molecule has 0 aliphatic carbocycles. The van der Waals surface area contributed by atoms with Gasteiger partial charge in [-0.05, 0) is 40.8 Å². The molecule has 0 spiro atoms. The van der Waals surface area contributed by atoms with Gasteiger partial charge >= 0.3 is 0 Å². The van der Waals surface area contributed by atoms with E-state index in [0.29, 0.717) is 0 Å². The fourth-order valence-corrected chi connectivity index (χ4v) is 4.55. The molecular weight excluding hydrogens is 406 g/mol. The van der Waals surface area contributed by atoms with Gasteiger partial charge in [-0.15, -0.1) is 5.10 Å². The Morgan fingerprint density at radius 2 is 1.36 bits per heavy atom. The van der Waals surface area contributed by atoms with Crippen molar-refractivity contribution in [2.75, 3.05) is 36.0 Å². The van der Waals surface area contributed by atoms with E-state index in [-0.39, 0.29) is 5.41 Å². The van der Waals surface area contributed by atoms with Crippen LogP contribution in [-0.4, -0.2) is 41.4 Å². The predicted octanol–water partition coefficient (Wildman–Crippen LogP) is 5.24. The second-order valence-electron chi connectivity index (χ2n) is 9.82. The Morgan fingerprint density at radius 1 is 0.727 bits per heavy atom. The quantitative estimate of drug-likeness (QED) is 0.437. The Bertz CT molecular complexity index is 1220. The van der Waals surface area contributed by atoms with Crippen LogP contribution in [0.3, 0.4) is 0 Å². The van der Waals surface area contributed by atoms with Gasteiger partial charge in [-0.3, -0.25) is 4.98 Å². The van der Waals surface area contributed by atoms with Crippen molar-refractivity contribution in [1.82, 2.24) is 15.2 Å². The Balaban J connectivity index is 1.34. The van der Waals surface area contributed by atoms with E-state index < -0.39 is 0 Å². The lowest BCUT2D eigenvalue weighted by atomic mass is 9.87. The third-order valence-electron chi connectivity index (χ3n) is 6.54. The summed E-state index contributed by atoms with van der Waals surface area (Å²) >= 11 is 0. The van der Waals surface area contributed by atoms with Gasteiger partial charge in [0.15, 0.2) is 5.82 Å². The van der Waals surface area contributed by atoms with Crippen LogP contribution in [0.2, 0.25) is 0 Å². The molecular formula is C28H31N5. The average Bonchev–Trinajstić information content (AvgIpc) is 2.85. The van der Waals surface area contributed by atoms with Crippen LogP contribution in [-0.2, 0) is 11.8 Å². The molecule has 1 fully saturated rings. The maximum absolute atomic E-state index is 4.70. The van der Waals surface area contributed by atoms with Gasteiger partial charge in [0.25, 0.3) is 0 Å². The zero-order valence-corrected chi connectivity index (χ0v) is 19.7. The minimum atomic E-state index is 0.181. The fourth-order valence-electron chi connectivity index (χ4n) is 4.55. The number of pyridine rings is 1. The highest BCUT2D eigenvalue weighted by Crippen LogP contribution is 2.29. The maximum Gasteiger partial charge on any atom is 0.159 e. The van der Waals surface area contributed by atoms with Crippen molar-refractivity contribution in [2.45, 2.75) is 32.6 Å². The summed E-state index contributed by atoms with van der Waals surface area (Å²) in [6.07, 6.45) is 4.42. The summed E-state index contributed by atoms with van der Waals surface area (Å²) in [7, 11) is 0. The molecule has 2 aromatic heterocycles. The lowest BCUT2D eigenvalue weighted by Crippen LogP contribution is -2.47. The van der Waals surface area contributed by atoms with E-state index in [1.54, 1.807) is 0 Å².